The second-order valence-electron chi connectivity index (χ2n) is 5.87. The number of hydrogen-bond acceptors (Lipinski definition) is 2. The molecule has 0 aliphatic heterocycles. The highest BCUT2D eigenvalue weighted by molar-refractivity contribution is 5.34. The van der Waals surface area contributed by atoms with E-state index < -0.39 is 0 Å². The van der Waals surface area contributed by atoms with Gasteiger partial charge in [0.15, 0.2) is 0 Å². The number of hydrogen-bond donors (Lipinski definition) is 2. The van der Waals surface area contributed by atoms with Crippen LogP contribution in [0.3, 0.4) is 0 Å². The lowest BCUT2D eigenvalue weighted by atomic mass is 9.83. The van der Waals surface area contributed by atoms with Crippen molar-refractivity contribution in [2.45, 2.75) is 52.0 Å². The standard InChI is InChI=1S/C16H24FNO/c1-3-16(8-4-5-9-16)11-18-12(2)14-10-13(17)6-7-15(14)19/h6-7,10,12,18-19H,3-5,8-9,11H2,1-2H3. The van der Waals surface area contributed by atoms with Crippen molar-refractivity contribution in [2.75, 3.05) is 6.54 Å². The minimum absolute atomic E-state index is 0.0280. The van der Waals surface area contributed by atoms with Crippen LogP contribution in [-0.2, 0) is 0 Å². The van der Waals surface area contributed by atoms with Gasteiger partial charge < -0.3 is 10.4 Å². The number of halogens is 1. The Hall–Kier alpha value is -1.09. The highest BCUT2D eigenvalue weighted by Gasteiger charge is 2.32. The van der Waals surface area contributed by atoms with Gasteiger partial charge in [-0.3, -0.25) is 0 Å². The second-order valence-corrected chi connectivity index (χ2v) is 5.87. The smallest absolute Gasteiger partial charge is 0.123 e. The van der Waals surface area contributed by atoms with Gasteiger partial charge in [-0.15, -0.1) is 0 Å². The summed E-state index contributed by atoms with van der Waals surface area (Å²) in [5, 5.41) is 13.3. The van der Waals surface area contributed by atoms with Gasteiger partial charge in [0, 0.05) is 18.2 Å². The van der Waals surface area contributed by atoms with Gasteiger partial charge in [0.25, 0.3) is 0 Å². The van der Waals surface area contributed by atoms with Gasteiger partial charge in [0.05, 0.1) is 0 Å². The van der Waals surface area contributed by atoms with Crippen LogP contribution in [0.25, 0.3) is 0 Å². The van der Waals surface area contributed by atoms with Gasteiger partial charge in [0.1, 0.15) is 11.6 Å². The van der Waals surface area contributed by atoms with E-state index in [-0.39, 0.29) is 17.6 Å². The van der Waals surface area contributed by atoms with Crippen LogP contribution in [0.5, 0.6) is 5.75 Å². The predicted molar refractivity (Wildman–Crippen MR) is 75.7 cm³/mol. The summed E-state index contributed by atoms with van der Waals surface area (Å²) in [6.07, 6.45) is 6.36. The zero-order valence-electron chi connectivity index (χ0n) is 11.9. The van der Waals surface area contributed by atoms with Crippen molar-refractivity contribution in [3.8, 4) is 5.75 Å². The summed E-state index contributed by atoms with van der Waals surface area (Å²) in [5.74, 6) is -0.133. The van der Waals surface area contributed by atoms with Crippen LogP contribution in [0.2, 0.25) is 0 Å². The molecule has 1 atom stereocenters. The van der Waals surface area contributed by atoms with Crippen molar-refractivity contribution in [1.82, 2.24) is 5.32 Å². The van der Waals surface area contributed by atoms with Crippen LogP contribution < -0.4 is 5.32 Å². The molecule has 2 rings (SSSR count). The van der Waals surface area contributed by atoms with Gasteiger partial charge in [-0.2, -0.15) is 0 Å². The van der Waals surface area contributed by atoms with E-state index in [4.69, 9.17) is 0 Å². The maximum absolute atomic E-state index is 13.3. The Morgan fingerprint density at radius 2 is 2.05 bits per heavy atom. The molecule has 106 valence electrons. The quantitative estimate of drug-likeness (QED) is 0.838. The maximum atomic E-state index is 13.3. The molecule has 1 unspecified atom stereocenters. The molecule has 3 heteroatoms. The molecule has 0 amide bonds. The molecule has 1 aliphatic rings. The van der Waals surface area contributed by atoms with E-state index in [1.807, 2.05) is 6.92 Å². The Balaban J connectivity index is 2.00. The first-order valence-corrected chi connectivity index (χ1v) is 7.28. The largest absolute Gasteiger partial charge is 0.508 e. The first-order chi connectivity index (χ1) is 9.06. The summed E-state index contributed by atoms with van der Waals surface area (Å²) in [6, 6.07) is 4.10. The molecule has 1 saturated carbocycles. The molecule has 2 N–H and O–H groups in total. The summed E-state index contributed by atoms with van der Waals surface area (Å²) in [4.78, 5) is 0. The zero-order chi connectivity index (χ0) is 13.9. The van der Waals surface area contributed by atoms with Gasteiger partial charge in [0.2, 0.25) is 0 Å². The monoisotopic (exact) mass is 265 g/mol. The molecule has 0 saturated heterocycles. The van der Waals surface area contributed by atoms with Gasteiger partial charge >= 0.3 is 0 Å². The lowest BCUT2D eigenvalue weighted by Crippen LogP contribution is -2.33. The summed E-state index contributed by atoms with van der Waals surface area (Å²) in [7, 11) is 0. The Morgan fingerprint density at radius 1 is 1.37 bits per heavy atom. The second kappa shape index (κ2) is 5.91. The van der Waals surface area contributed by atoms with E-state index in [1.165, 1.54) is 50.3 Å². The molecule has 1 aliphatic carbocycles. The summed E-state index contributed by atoms with van der Waals surface area (Å²) in [5.41, 5.74) is 1.04. The molecule has 1 fully saturated rings. The van der Waals surface area contributed by atoms with Gasteiger partial charge in [-0.05, 0) is 49.8 Å². The van der Waals surface area contributed by atoms with Crippen molar-refractivity contribution in [2.24, 2.45) is 5.41 Å². The van der Waals surface area contributed by atoms with E-state index in [2.05, 4.69) is 12.2 Å². The zero-order valence-corrected chi connectivity index (χ0v) is 11.9. The van der Waals surface area contributed by atoms with Crippen LogP contribution in [0.15, 0.2) is 18.2 Å². The lowest BCUT2D eigenvalue weighted by Gasteiger charge is -2.30. The number of nitrogens with one attached hydrogen (secondary N) is 1. The lowest BCUT2D eigenvalue weighted by molar-refractivity contribution is 0.258. The fourth-order valence-electron chi connectivity index (χ4n) is 3.13. The fourth-order valence-corrected chi connectivity index (χ4v) is 3.13. The Kier molecular flexibility index (Phi) is 4.46. The number of phenolic OH excluding ortho intramolecular Hbond substituents is 1. The topological polar surface area (TPSA) is 32.3 Å². The fraction of sp³-hybridized carbons (Fsp3) is 0.625. The van der Waals surface area contributed by atoms with E-state index in [0.717, 1.165) is 6.54 Å². The Morgan fingerprint density at radius 3 is 2.68 bits per heavy atom. The van der Waals surface area contributed by atoms with E-state index >= 15 is 0 Å². The third kappa shape index (κ3) is 3.27. The van der Waals surface area contributed by atoms with Crippen molar-refractivity contribution in [1.29, 1.82) is 0 Å². The molecule has 1 aromatic carbocycles. The maximum Gasteiger partial charge on any atom is 0.123 e. The number of aromatic hydroxyl groups is 1. The van der Waals surface area contributed by atoms with Crippen LogP contribution in [-0.4, -0.2) is 11.7 Å². The SMILES string of the molecule is CCC1(CNC(C)c2cc(F)ccc2O)CCCC1. The summed E-state index contributed by atoms with van der Waals surface area (Å²) < 4.78 is 13.3. The predicted octanol–water partition coefficient (Wildman–Crippen LogP) is 4.15. The van der Waals surface area contributed by atoms with Crippen LogP contribution >= 0.6 is 0 Å². The summed E-state index contributed by atoms with van der Waals surface area (Å²) >= 11 is 0. The number of rotatable bonds is 5. The molecule has 2 nitrogen and oxygen atoms in total. The van der Waals surface area contributed by atoms with Crippen LogP contribution in [0, 0.1) is 11.2 Å². The van der Waals surface area contributed by atoms with Crippen molar-refractivity contribution in [3.05, 3.63) is 29.6 Å². The Bertz CT molecular complexity index is 427. The van der Waals surface area contributed by atoms with E-state index in [9.17, 15) is 9.50 Å². The number of benzene rings is 1. The molecule has 0 radical (unpaired) electrons. The van der Waals surface area contributed by atoms with Crippen molar-refractivity contribution < 1.29 is 9.50 Å². The van der Waals surface area contributed by atoms with Crippen molar-refractivity contribution >= 4 is 0 Å². The molecule has 19 heavy (non-hydrogen) atoms. The van der Waals surface area contributed by atoms with Gasteiger partial charge in [-0.1, -0.05) is 19.8 Å². The molecule has 0 bridgehead atoms. The molecular weight excluding hydrogens is 241 g/mol. The first-order valence-electron chi connectivity index (χ1n) is 7.28. The van der Waals surface area contributed by atoms with Crippen LogP contribution in [0.4, 0.5) is 4.39 Å². The van der Waals surface area contributed by atoms with Crippen molar-refractivity contribution in [3.63, 3.8) is 0 Å². The third-order valence-corrected chi connectivity index (χ3v) is 4.65. The highest BCUT2D eigenvalue weighted by Crippen LogP contribution is 2.40. The number of phenols is 1. The average molecular weight is 265 g/mol. The highest BCUT2D eigenvalue weighted by atomic mass is 19.1. The molecule has 0 aromatic heterocycles. The normalized spacial score (nSPS) is 19.5. The molecule has 0 spiro atoms. The first kappa shape index (κ1) is 14.3. The minimum Gasteiger partial charge on any atom is -0.508 e. The Labute approximate surface area is 115 Å². The molecular formula is C16H24FNO. The molecule has 0 heterocycles. The summed E-state index contributed by atoms with van der Waals surface area (Å²) in [6.45, 7) is 5.17. The van der Waals surface area contributed by atoms with E-state index in [1.54, 1.807) is 0 Å². The third-order valence-electron chi connectivity index (χ3n) is 4.65. The molecule has 1 aromatic rings. The minimum atomic E-state index is -0.299. The van der Waals surface area contributed by atoms with E-state index in [0.29, 0.717) is 11.0 Å². The van der Waals surface area contributed by atoms with Gasteiger partial charge in [-0.25, -0.2) is 4.39 Å². The average Bonchev–Trinajstić information content (AvgIpc) is 2.88. The van der Waals surface area contributed by atoms with Crippen LogP contribution in [0.1, 0.15) is 57.6 Å².